The van der Waals surface area contributed by atoms with Crippen molar-refractivity contribution < 1.29 is 8.42 Å². The van der Waals surface area contributed by atoms with Crippen molar-refractivity contribution in [1.82, 2.24) is 13.8 Å². The molecule has 1 fully saturated rings. The zero-order valence-electron chi connectivity index (χ0n) is 13.8. The van der Waals surface area contributed by atoms with Crippen LogP contribution in [0.15, 0.2) is 26.5 Å². The Bertz CT molecular complexity index is 858. The van der Waals surface area contributed by atoms with E-state index in [1.54, 1.807) is 14.9 Å². The molecule has 2 aromatic rings. The molecular weight excluding hydrogens is 366 g/mol. The lowest BCUT2D eigenvalue weighted by molar-refractivity contribution is 0.182. The van der Waals surface area contributed by atoms with Gasteiger partial charge in [-0.25, -0.2) is 8.42 Å². The number of thiophene rings is 1. The summed E-state index contributed by atoms with van der Waals surface area (Å²) in [7, 11) is -3.36. The summed E-state index contributed by atoms with van der Waals surface area (Å²) in [5, 5.41) is 1.87. The van der Waals surface area contributed by atoms with Gasteiger partial charge in [0.2, 0.25) is 0 Å². The van der Waals surface area contributed by atoms with Crippen molar-refractivity contribution in [2.45, 2.75) is 24.6 Å². The minimum atomic E-state index is -3.36. The Kier molecular flexibility index (Phi) is 5.26. The second kappa shape index (κ2) is 7.09. The highest BCUT2D eigenvalue weighted by Crippen LogP contribution is 2.25. The molecular formula is C15H21N3O3S3. The molecule has 24 heavy (non-hydrogen) atoms. The molecule has 3 heterocycles. The fourth-order valence-corrected chi connectivity index (χ4v) is 6.41. The largest absolute Gasteiger partial charge is 0.307 e. The summed E-state index contributed by atoms with van der Waals surface area (Å²) in [6.07, 6.45) is 0. The van der Waals surface area contributed by atoms with Crippen molar-refractivity contribution in [2.75, 3.05) is 32.7 Å². The molecule has 3 rings (SSSR count). The highest BCUT2D eigenvalue weighted by molar-refractivity contribution is 7.91. The summed E-state index contributed by atoms with van der Waals surface area (Å²) in [4.78, 5) is 15.0. The van der Waals surface area contributed by atoms with Crippen LogP contribution in [0.25, 0.3) is 0 Å². The van der Waals surface area contributed by atoms with Gasteiger partial charge in [-0.3, -0.25) is 9.69 Å². The topological polar surface area (TPSA) is 62.6 Å². The Hall–Kier alpha value is -1.00. The second-order valence-corrected chi connectivity index (χ2v) is 10.2. The van der Waals surface area contributed by atoms with E-state index >= 15 is 0 Å². The number of thiazole rings is 1. The Morgan fingerprint density at radius 1 is 1.08 bits per heavy atom. The van der Waals surface area contributed by atoms with Crippen molar-refractivity contribution in [3.63, 3.8) is 0 Å². The summed E-state index contributed by atoms with van der Waals surface area (Å²) in [6, 6.07) is 3.53. The van der Waals surface area contributed by atoms with Gasteiger partial charge in [0.1, 0.15) is 4.21 Å². The average Bonchev–Trinajstić information content (AvgIpc) is 3.13. The highest BCUT2D eigenvalue weighted by atomic mass is 32.2. The second-order valence-electron chi connectivity index (χ2n) is 5.91. The van der Waals surface area contributed by atoms with E-state index in [0.717, 1.165) is 17.1 Å². The first-order valence-corrected chi connectivity index (χ1v) is 11.0. The molecule has 0 aromatic carbocycles. The van der Waals surface area contributed by atoms with E-state index in [2.05, 4.69) is 4.90 Å². The number of aryl methyl sites for hydroxylation is 2. The SMILES string of the molecule is Cc1ccc(S(=O)(=O)N2CCN(CCn3c(C)csc3=O)CC2)s1. The maximum atomic E-state index is 12.6. The molecule has 0 unspecified atom stereocenters. The molecule has 0 bridgehead atoms. The van der Waals surface area contributed by atoms with Gasteiger partial charge in [-0.2, -0.15) is 4.31 Å². The van der Waals surface area contributed by atoms with Crippen LogP contribution in [0.2, 0.25) is 0 Å². The first-order chi connectivity index (χ1) is 11.4. The fraction of sp³-hybridized carbons (Fsp3) is 0.533. The molecule has 1 saturated heterocycles. The Morgan fingerprint density at radius 2 is 1.79 bits per heavy atom. The van der Waals surface area contributed by atoms with Crippen LogP contribution in [0, 0.1) is 13.8 Å². The van der Waals surface area contributed by atoms with Crippen LogP contribution in [0.4, 0.5) is 0 Å². The van der Waals surface area contributed by atoms with E-state index in [0.29, 0.717) is 36.9 Å². The lowest BCUT2D eigenvalue weighted by Gasteiger charge is -2.33. The van der Waals surface area contributed by atoms with Gasteiger partial charge in [-0.05, 0) is 26.0 Å². The molecule has 6 nitrogen and oxygen atoms in total. The van der Waals surface area contributed by atoms with Gasteiger partial charge in [0, 0.05) is 55.2 Å². The van der Waals surface area contributed by atoms with Crippen molar-refractivity contribution in [2.24, 2.45) is 0 Å². The van der Waals surface area contributed by atoms with Gasteiger partial charge in [0.15, 0.2) is 0 Å². The highest BCUT2D eigenvalue weighted by Gasteiger charge is 2.29. The van der Waals surface area contributed by atoms with E-state index in [-0.39, 0.29) is 4.87 Å². The number of sulfonamides is 1. The van der Waals surface area contributed by atoms with Crippen molar-refractivity contribution in [3.8, 4) is 0 Å². The smallest absolute Gasteiger partial charge is 0.302 e. The van der Waals surface area contributed by atoms with Crippen LogP contribution < -0.4 is 4.87 Å². The molecule has 1 aliphatic heterocycles. The summed E-state index contributed by atoms with van der Waals surface area (Å²) in [6.45, 7) is 7.66. The molecule has 0 N–H and O–H groups in total. The Balaban J connectivity index is 1.57. The van der Waals surface area contributed by atoms with E-state index < -0.39 is 10.0 Å². The van der Waals surface area contributed by atoms with Crippen LogP contribution in [-0.4, -0.2) is 54.9 Å². The predicted molar refractivity (Wildman–Crippen MR) is 97.6 cm³/mol. The van der Waals surface area contributed by atoms with Crippen LogP contribution in [0.1, 0.15) is 10.6 Å². The lowest BCUT2D eigenvalue weighted by atomic mass is 10.3. The molecule has 2 aromatic heterocycles. The molecule has 0 radical (unpaired) electrons. The first kappa shape index (κ1) is 17.8. The van der Waals surface area contributed by atoms with E-state index in [9.17, 15) is 13.2 Å². The third-order valence-corrected chi connectivity index (χ3v) is 8.51. The molecule has 0 aliphatic carbocycles. The zero-order chi connectivity index (χ0) is 17.3. The predicted octanol–water partition coefficient (Wildman–Crippen LogP) is 1.59. The molecule has 0 saturated carbocycles. The quantitative estimate of drug-likeness (QED) is 0.782. The minimum absolute atomic E-state index is 0.0711. The molecule has 1 aliphatic rings. The number of aromatic nitrogens is 1. The average molecular weight is 388 g/mol. The molecule has 0 amide bonds. The normalized spacial score (nSPS) is 17.4. The number of nitrogens with zero attached hydrogens (tertiary/aromatic N) is 3. The molecule has 0 spiro atoms. The van der Waals surface area contributed by atoms with Crippen LogP contribution >= 0.6 is 22.7 Å². The van der Waals surface area contributed by atoms with Crippen molar-refractivity contribution in [1.29, 1.82) is 0 Å². The minimum Gasteiger partial charge on any atom is -0.302 e. The first-order valence-electron chi connectivity index (χ1n) is 7.82. The summed E-state index contributed by atoms with van der Waals surface area (Å²) >= 11 is 2.54. The van der Waals surface area contributed by atoms with Gasteiger partial charge < -0.3 is 4.57 Å². The van der Waals surface area contributed by atoms with Gasteiger partial charge in [-0.15, -0.1) is 11.3 Å². The van der Waals surface area contributed by atoms with Crippen LogP contribution in [0.5, 0.6) is 0 Å². The number of hydrogen-bond donors (Lipinski definition) is 0. The lowest BCUT2D eigenvalue weighted by Crippen LogP contribution is -2.49. The van der Waals surface area contributed by atoms with Crippen LogP contribution in [0.3, 0.4) is 0 Å². The van der Waals surface area contributed by atoms with Gasteiger partial charge in [0.05, 0.1) is 0 Å². The molecule has 0 atom stereocenters. The number of hydrogen-bond acceptors (Lipinski definition) is 6. The summed E-state index contributed by atoms with van der Waals surface area (Å²) in [5.41, 5.74) is 0.985. The number of rotatable bonds is 5. The third-order valence-electron chi connectivity index (χ3n) is 4.26. The van der Waals surface area contributed by atoms with E-state index in [1.807, 2.05) is 25.3 Å². The van der Waals surface area contributed by atoms with Crippen molar-refractivity contribution in [3.05, 3.63) is 37.8 Å². The standard InChI is InChI=1S/C15H21N3O3S3/c1-12-11-22-15(19)18(12)10-7-16-5-8-17(9-6-16)24(20,21)14-4-3-13(2)23-14/h3-4,11H,5-10H2,1-2H3. The summed E-state index contributed by atoms with van der Waals surface area (Å²) in [5.74, 6) is 0. The van der Waals surface area contributed by atoms with E-state index in [1.165, 1.54) is 22.7 Å². The number of piperazine rings is 1. The molecule has 9 heteroatoms. The van der Waals surface area contributed by atoms with Crippen LogP contribution in [-0.2, 0) is 16.6 Å². The Morgan fingerprint density at radius 3 is 2.33 bits per heavy atom. The third kappa shape index (κ3) is 3.65. The van der Waals surface area contributed by atoms with Gasteiger partial charge in [0.25, 0.3) is 10.0 Å². The fourth-order valence-electron chi connectivity index (χ4n) is 2.79. The van der Waals surface area contributed by atoms with Gasteiger partial charge >= 0.3 is 4.87 Å². The maximum absolute atomic E-state index is 12.6. The Labute approximate surface area is 150 Å². The monoisotopic (exact) mass is 387 g/mol. The zero-order valence-corrected chi connectivity index (χ0v) is 16.2. The maximum Gasteiger partial charge on any atom is 0.307 e. The van der Waals surface area contributed by atoms with Crippen molar-refractivity contribution >= 4 is 32.7 Å². The molecule has 132 valence electrons. The van der Waals surface area contributed by atoms with E-state index in [4.69, 9.17) is 0 Å². The summed E-state index contributed by atoms with van der Waals surface area (Å²) < 4.78 is 29.0. The van der Waals surface area contributed by atoms with Gasteiger partial charge in [-0.1, -0.05) is 11.3 Å².